The predicted molar refractivity (Wildman–Crippen MR) is 70.6 cm³/mol. The van der Waals surface area contributed by atoms with Crippen LogP contribution < -0.4 is 11.3 Å². The first kappa shape index (κ1) is 12.8. The summed E-state index contributed by atoms with van der Waals surface area (Å²) in [4.78, 5) is 22.6. The molecule has 0 spiro atoms. The van der Waals surface area contributed by atoms with Gasteiger partial charge in [-0.3, -0.25) is 4.79 Å². The summed E-state index contributed by atoms with van der Waals surface area (Å²) in [7, 11) is 0. The minimum atomic E-state index is -0.164. The third-order valence-electron chi connectivity index (χ3n) is 2.33. The van der Waals surface area contributed by atoms with Crippen LogP contribution in [0.4, 0.5) is 0 Å². The highest BCUT2D eigenvalue weighted by Crippen LogP contribution is 2.27. The summed E-state index contributed by atoms with van der Waals surface area (Å²) in [5, 5.41) is 1.29. The molecule has 0 amide bonds. The highest BCUT2D eigenvalue weighted by molar-refractivity contribution is 7.99. The summed E-state index contributed by atoms with van der Waals surface area (Å²) in [6.45, 7) is 3.68. The van der Waals surface area contributed by atoms with Gasteiger partial charge in [-0.05, 0) is 31.7 Å². The Balaban J connectivity index is 2.37. The molecule has 94 valence electrons. The first-order chi connectivity index (χ1) is 8.56. The minimum Gasteiger partial charge on any atom is -0.324 e. The molecule has 0 aliphatic rings. The highest BCUT2D eigenvalue weighted by Gasteiger charge is 2.10. The molecule has 1 atom stereocenters. The number of rotatable bonds is 3. The van der Waals surface area contributed by atoms with Crippen LogP contribution in [0.15, 0.2) is 39.4 Å². The van der Waals surface area contributed by atoms with Gasteiger partial charge in [0.15, 0.2) is 5.16 Å². The lowest BCUT2D eigenvalue weighted by molar-refractivity contribution is 0.777. The molecule has 0 unspecified atom stereocenters. The number of aromatic nitrogens is 3. The molecule has 0 radical (unpaired) electrons. The highest BCUT2D eigenvalue weighted by atomic mass is 32.2. The Morgan fingerprint density at radius 2 is 2.28 bits per heavy atom. The third-order valence-corrected chi connectivity index (χ3v) is 3.25. The van der Waals surface area contributed by atoms with Gasteiger partial charge >= 0.3 is 0 Å². The molecule has 0 fully saturated rings. The summed E-state index contributed by atoms with van der Waals surface area (Å²) in [5.41, 5.74) is 7.34. The number of aryl methyl sites for hydroxylation is 1. The average Bonchev–Trinajstić information content (AvgIpc) is 2.27. The first-order valence-corrected chi connectivity index (χ1v) is 6.34. The Hall–Kier alpha value is -1.66. The third kappa shape index (κ3) is 2.96. The zero-order chi connectivity index (χ0) is 13.1. The molecule has 18 heavy (non-hydrogen) atoms. The largest absolute Gasteiger partial charge is 0.324 e. The van der Waals surface area contributed by atoms with Crippen molar-refractivity contribution < 1.29 is 0 Å². The van der Waals surface area contributed by atoms with E-state index in [0.29, 0.717) is 10.9 Å². The number of nitrogens with zero attached hydrogens (tertiary/aromatic N) is 2. The fourth-order valence-corrected chi connectivity index (χ4v) is 2.54. The number of nitrogens with one attached hydrogen (secondary N) is 1. The van der Waals surface area contributed by atoms with Crippen LogP contribution in [-0.4, -0.2) is 15.0 Å². The molecule has 0 aromatic carbocycles. The lowest BCUT2D eigenvalue weighted by Gasteiger charge is -2.10. The normalized spacial score (nSPS) is 12.4. The van der Waals surface area contributed by atoms with Crippen molar-refractivity contribution in [1.82, 2.24) is 15.0 Å². The molecule has 3 N–H and O–H groups in total. The van der Waals surface area contributed by atoms with E-state index >= 15 is 0 Å². The van der Waals surface area contributed by atoms with Gasteiger partial charge in [0.1, 0.15) is 5.03 Å². The van der Waals surface area contributed by atoms with E-state index in [1.54, 1.807) is 13.1 Å². The first-order valence-electron chi connectivity index (χ1n) is 5.52. The smallest absolute Gasteiger partial charge is 0.251 e. The fraction of sp³-hybridized carbons (Fsp3) is 0.250. The Kier molecular flexibility index (Phi) is 3.78. The molecule has 2 heterocycles. The van der Waals surface area contributed by atoms with Crippen LogP contribution in [0, 0.1) is 6.92 Å². The zero-order valence-corrected chi connectivity index (χ0v) is 11.0. The van der Waals surface area contributed by atoms with Gasteiger partial charge in [0.2, 0.25) is 0 Å². The van der Waals surface area contributed by atoms with Gasteiger partial charge in [0.25, 0.3) is 5.56 Å². The Morgan fingerprint density at radius 1 is 1.50 bits per heavy atom. The summed E-state index contributed by atoms with van der Waals surface area (Å²) in [5.74, 6) is 0. The van der Waals surface area contributed by atoms with Gasteiger partial charge in [-0.1, -0.05) is 6.07 Å². The van der Waals surface area contributed by atoms with E-state index in [-0.39, 0.29) is 11.6 Å². The van der Waals surface area contributed by atoms with E-state index in [9.17, 15) is 4.79 Å². The SMILES string of the molecule is Cc1cc(=O)[nH]c(Sc2ncccc2[C@@H](C)N)n1. The number of nitrogens with two attached hydrogens (primary N) is 1. The topological polar surface area (TPSA) is 84.7 Å². The van der Waals surface area contributed by atoms with Crippen molar-refractivity contribution in [3.63, 3.8) is 0 Å². The molecule has 0 aliphatic heterocycles. The van der Waals surface area contributed by atoms with Gasteiger partial charge in [0.05, 0.1) is 0 Å². The van der Waals surface area contributed by atoms with E-state index in [0.717, 1.165) is 10.6 Å². The molecule has 0 saturated carbocycles. The number of aromatic amines is 1. The molecule has 0 aliphatic carbocycles. The van der Waals surface area contributed by atoms with E-state index in [2.05, 4.69) is 15.0 Å². The van der Waals surface area contributed by atoms with Gasteiger partial charge in [-0.2, -0.15) is 0 Å². The molecule has 6 heteroatoms. The van der Waals surface area contributed by atoms with Gasteiger partial charge in [-0.25, -0.2) is 9.97 Å². The van der Waals surface area contributed by atoms with Crippen molar-refractivity contribution in [2.75, 3.05) is 0 Å². The average molecular weight is 262 g/mol. The van der Waals surface area contributed by atoms with Gasteiger partial charge in [-0.15, -0.1) is 0 Å². The molecule has 5 nitrogen and oxygen atoms in total. The van der Waals surface area contributed by atoms with Gasteiger partial charge < -0.3 is 10.7 Å². The van der Waals surface area contributed by atoms with Gasteiger partial charge in [0, 0.05) is 29.6 Å². The molecule has 0 bridgehead atoms. The molecule has 2 aromatic rings. The van der Waals surface area contributed by atoms with E-state index < -0.39 is 0 Å². The maximum absolute atomic E-state index is 11.4. The number of hydrogen-bond donors (Lipinski definition) is 2. The lowest BCUT2D eigenvalue weighted by atomic mass is 10.2. The van der Waals surface area contributed by atoms with Crippen molar-refractivity contribution in [1.29, 1.82) is 0 Å². The summed E-state index contributed by atoms with van der Waals surface area (Å²) in [6.07, 6.45) is 1.70. The van der Waals surface area contributed by atoms with Crippen molar-refractivity contribution in [2.45, 2.75) is 30.1 Å². The second-order valence-electron chi connectivity index (χ2n) is 3.98. The fourth-order valence-electron chi connectivity index (χ4n) is 1.53. The zero-order valence-electron chi connectivity index (χ0n) is 10.2. The van der Waals surface area contributed by atoms with Crippen LogP contribution in [0.25, 0.3) is 0 Å². The summed E-state index contributed by atoms with van der Waals surface area (Å²) in [6, 6.07) is 5.11. The Bertz CT molecular complexity index is 609. The van der Waals surface area contributed by atoms with Crippen molar-refractivity contribution in [2.24, 2.45) is 5.73 Å². The van der Waals surface area contributed by atoms with Crippen molar-refractivity contribution in [3.05, 3.63) is 46.0 Å². The van der Waals surface area contributed by atoms with Crippen LogP contribution in [-0.2, 0) is 0 Å². The second kappa shape index (κ2) is 5.32. The molecular formula is C12H14N4OS. The van der Waals surface area contributed by atoms with Crippen molar-refractivity contribution >= 4 is 11.8 Å². The summed E-state index contributed by atoms with van der Waals surface area (Å²) >= 11 is 1.31. The van der Waals surface area contributed by atoms with Crippen LogP contribution in [0.5, 0.6) is 0 Å². The van der Waals surface area contributed by atoms with Crippen LogP contribution >= 0.6 is 11.8 Å². The van der Waals surface area contributed by atoms with E-state index in [1.807, 2.05) is 19.1 Å². The molecule has 0 saturated heterocycles. The number of hydrogen-bond acceptors (Lipinski definition) is 5. The maximum Gasteiger partial charge on any atom is 0.251 e. The molecule has 2 aromatic heterocycles. The van der Waals surface area contributed by atoms with Crippen molar-refractivity contribution in [3.8, 4) is 0 Å². The predicted octanol–water partition coefficient (Wildman–Crippen LogP) is 1.64. The van der Waals surface area contributed by atoms with Crippen LogP contribution in [0.2, 0.25) is 0 Å². The van der Waals surface area contributed by atoms with Crippen LogP contribution in [0.1, 0.15) is 24.2 Å². The number of H-pyrrole nitrogens is 1. The molecular weight excluding hydrogens is 248 g/mol. The number of pyridine rings is 1. The van der Waals surface area contributed by atoms with Crippen LogP contribution in [0.3, 0.4) is 0 Å². The quantitative estimate of drug-likeness (QED) is 0.821. The Morgan fingerprint density at radius 3 is 2.94 bits per heavy atom. The standard InChI is InChI=1S/C12H14N4OS/c1-7-6-10(17)16-12(15-7)18-11-9(8(2)13)4-3-5-14-11/h3-6,8H,13H2,1-2H3,(H,15,16,17)/t8-/m1/s1. The second-order valence-corrected chi connectivity index (χ2v) is 4.96. The summed E-state index contributed by atoms with van der Waals surface area (Å²) < 4.78 is 0. The maximum atomic E-state index is 11.4. The molecule has 2 rings (SSSR count). The van der Waals surface area contributed by atoms with E-state index in [1.165, 1.54) is 17.8 Å². The Labute approximate surface area is 109 Å². The van der Waals surface area contributed by atoms with E-state index in [4.69, 9.17) is 5.73 Å². The monoisotopic (exact) mass is 262 g/mol. The minimum absolute atomic E-state index is 0.113. The lowest BCUT2D eigenvalue weighted by Crippen LogP contribution is -2.10.